The van der Waals surface area contributed by atoms with Gasteiger partial charge in [-0.25, -0.2) is 23.1 Å². The molecule has 42 heavy (non-hydrogen) atoms. The summed E-state index contributed by atoms with van der Waals surface area (Å²) in [6.45, 7) is 3.31. The second-order valence-corrected chi connectivity index (χ2v) is 10.7. The number of nitrogens with one attached hydrogen (secondary N) is 1. The van der Waals surface area contributed by atoms with E-state index in [4.69, 9.17) is 9.82 Å². The molecule has 1 aliphatic rings. The standard InChI is InChI=1S/C31H26F3N5O3/c1-17(40)5-3-4-6-28-35-24-13-18(7-12-21(24)29(41)39(28)20-10-8-19(32)9-11-20)27-16-31(2,42-38-27)30-36-25-14-22(33)23(34)15-26(25)37-30/h7-15H,3-6,16H2,1-2H3,(H,36,37)/t31-/m0/s1. The van der Waals surface area contributed by atoms with Crippen molar-refractivity contribution in [2.24, 2.45) is 5.16 Å². The summed E-state index contributed by atoms with van der Waals surface area (Å²) in [6, 6.07) is 12.9. The van der Waals surface area contributed by atoms with Crippen LogP contribution in [0.15, 0.2) is 64.5 Å². The molecule has 1 aliphatic heterocycles. The second-order valence-electron chi connectivity index (χ2n) is 10.7. The van der Waals surface area contributed by atoms with Gasteiger partial charge in [0.1, 0.15) is 17.4 Å². The van der Waals surface area contributed by atoms with Crippen molar-refractivity contribution >= 4 is 33.4 Å². The molecule has 0 aliphatic carbocycles. The number of hydrogen-bond acceptors (Lipinski definition) is 6. The number of aryl methyl sites for hydroxylation is 1. The number of Topliss-reactive ketones (excluding diaryl/α,β-unsaturated/α-hetero) is 1. The first-order valence-electron chi connectivity index (χ1n) is 13.5. The maximum Gasteiger partial charge on any atom is 0.265 e. The molecule has 3 aromatic carbocycles. The van der Waals surface area contributed by atoms with Gasteiger partial charge in [-0.15, -0.1) is 0 Å². The van der Waals surface area contributed by atoms with Crippen molar-refractivity contribution < 1.29 is 22.8 Å². The van der Waals surface area contributed by atoms with Gasteiger partial charge >= 0.3 is 0 Å². The number of ketones is 1. The molecule has 1 N–H and O–H groups in total. The summed E-state index contributed by atoms with van der Waals surface area (Å²) in [7, 11) is 0. The molecule has 0 saturated carbocycles. The van der Waals surface area contributed by atoms with Gasteiger partial charge in [-0.2, -0.15) is 0 Å². The van der Waals surface area contributed by atoms with E-state index in [1.165, 1.54) is 28.8 Å². The quantitative estimate of drug-likeness (QED) is 0.229. The number of unbranched alkanes of at least 4 members (excludes halogenated alkanes) is 1. The SMILES string of the molecule is CC(=O)CCCCc1nc2cc(C3=NO[C@](C)(c4nc5cc(F)c(F)cc5[nH]4)C3)ccc2c(=O)n1-c1ccc(F)cc1. The minimum Gasteiger partial charge on any atom is -0.381 e. The van der Waals surface area contributed by atoms with Crippen LogP contribution in [-0.4, -0.2) is 31.0 Å². The Labute approximate surface area is 237 Å². The molecule has 0 spiro atoms. The first-order chi connectivity index (χ1) is 20.1. The molecule has 0 unspecified atom stereocenters. The van der Waals surface area contributed by atoms with Crippen LogP contribution in [0.3, 0.4) is 0 Å². The Hall–Kier alpha value is -4.80. The normalized spacial score (nSPS) is 16.6. The van der Waals surface area contributed by atoms with Crippen LogP contribution >= 0.6 is 0 Å². The highest BCUT2D eigenvalue weighted by molar-refractivity contribution is 6.04. The summed E-state index contributed by atoms with van der Waals surface area (Å²) < 4.78 is 42.5. The van der Waals surface area contributed by atoms with Gasteiger partial charge in [0.2, 0.25) is 0 Å². The molecule has 6 rings (SSSR count). The number of aromatic amines is 1. The van der Waals surface area contributed by atoms with Gasteiger partial charge in [-0.3, -0.25) is 9.36 Å². The van der Waals surface area contributed by atoms with Crippen LogP contribution in [0.5, 0.6) is 0 Å². The van der Waals surface area contributed by atoms with E-state index in [9.17, 15) is 22.8 Å². The van der Waals surface area contributed by atoms with Crippen molar-refractivity contribution in [1.29, 1.82) is 0 Å². The number of aromatic nitrogens is 4. The van der Waals surface area contributed by atoms with Crippen molar-refractivity contribution in [3.8, 4) is 5.69 Å². The predicted octanol–water partition coefficient (Wildman–Crippen LogP) is 6.02. The fourth-order valence-electron chi connectivity index (χ4n) is 5.17. The number of hydrogen-bond donors (Lipinski definition) is 1. The lowest BCUT2D eigenvalue weighted by atomic mass is 9.95. The number of oxime groups is 1. The van der Waals surface area contributed by atoms with Crippen LogP contribution in [0, 0.1) is 17.5 Å². The van der Waals surface area contributed by atoms with Crippen LogP contribution in [0.25, 0.3) is 27.6 Å². The number of H-pyrrole nitrogens is 1. The molecule has 3 heterocycles. The maximum atomic E-state index is 13.7. The van der Waals surface area contributed by atoms with Gasteiger partial charge < -0.3 is 14.6 Å². The van der Waals surface area contributed by atoms with Crippen molar-refractivity contribution in [3.05, 3.63) is 99.6 Å². The number of imidazole rings is 1. The summed E-state index contributed by atoms with van der Waals surface area (Å²) in [5.41, 5.74) is 1.53. The topological polar surface area (TPSA) is 102 Å². The third-order valence-corrected chi connectivity index (χ3v) is 7.42. The average molecular weight is 574 g/mol. The van der Waals surface area contributed by atoms with Gasteiger partial charge in [0.15, 0.2) is 23.1 Å². The number of nitrogens with zero attached hydrogens (tertiary/aromatic N) is 4. The zero-order valence-electron chi connectivity index (χ0n) is 22.9. The fraction of sp³-hybridized carbons (Fsp3) is 0.258. The molecule has 11 heteroatoms. The van der Waals surface area contributed by atoms with Crippen LogP contribution in [0.4, 0.5) is 13.2 Å². The molecule has 1 atom stereocenters. The first kappa shape index (κ1) is 27.4. The van der Waals surface area contributed by atoms with E-state index < -0.39 is 23.1 Å². The monoisotopic (exact) mass is 573 g/mol. The van der Waals surface area contributed by atoms with E-state index in [-0.39, 0.29) is 16.9 Å². The average Bonchev–Trinajstić information content (AvgIpc) is 3.56. The Morgan fingerprint density at radius 3 is 2.52 bits per heavy atom. The number of fused-ring (bicyclic) bond motifs is 2. The summed E-state index contributed by atoms with van der Waals surface area (Å²) >= 11 is 0. The van der Waals surface area contributed by atoms with Gasteiger partial charge in [0.05, 0.1) is 33.3 Å². The fourth-order valence-corrected chi connectivity index (χ4v) is 5.17. The van der Waals surface area contributed by atoms with Crippen LogP contribution < -0.4 is 5.56 Å². The van der Waals surface area contributed by atoms with Gasteiger partial charge in [-0.05, 0) is 63.1 Å². The number of carbonyl (C=O) groups excluding carboxylic acids is 1. The minimum atomic E-state index is -1.02. The van der Waals surface area contributed by atoms with E-state index in [0.717, 1.165) is 12.1 Å². The molecule has 0 bridgehead atoms. The van der Waals surface area contributed by atoms with E-state index in [1.807, 2.05) is 0 Å². The van der Waals surface area contributed by atoms with Crippen LogP contribution in [-0.2, 0) is 21.7 Å². The lowest BCUT2D eigenvalue weighted by Crippen LogP contribution is -2.25. The Morgan fingerprint density at radius 2 is 1.76 bits per heavy atom. The van der Waals surface area contributed by atoms with Gasteiger partial charge in [0, 0.05) is 37.0 Å². The largest absolute Gasteiger partial charge is 0.381 e. The molecule has 214 valence electrons. The van der Waals surface area contributed by atoms with Crippen molar-refractivity contribution in [3.63, 3.8) is 0 Å². The molecule has 2 aromatic heterocycles. The smallest absolute Gasteiger partial charge is 0.265 e. The van der Waals surface area contributed by atoms with E-state index in [2.05, 4.69) is 15.1 Å². The molecule has 5 aromatic rings. The Kier molecular flexibility index (Phi) is 6.88. The highest BCUT2D eigenvalue weighted by Crippen LogP contribution is 2.36. The molecular weight excluding hydrogens is 547 g/mol. The van der Waals surface area contributed by atoms with E-state index in [1.54, 1.807) is 32.0 Å². The molecule has 0 amide bonds. The van der Waals surface area contributed by atoms with Crippen molar-refractivity contribution in [1.82, 2.24) is 19.5 Å². The van der Waals surface area contributed by atoms with Crippen molar-refractivity contribution in [2.45, 2.75) is 51.6 Å². The first-order valence-corrected chi connectivity index (χ1v) is 13.5. The third kappa shape index (κ3) is 5.06. The number of benzene rings is 3. The Balaban J connectivity index is 1.34. The highest BCUT2D eigenvalue weighted by Gasteiger charge is 2.40. The van der Waals surface area contributed by atoms with E-state index in [0.29, 0.717) is 77.1 Å². The predicted molar refractivity (Wildman–Crippen MR) is 151 cm³/mol. The maximum absolute atomic E-state index is 13.7. The molecular formula is C31H26F3N5O3. The van der Waals surface area contributed by atoms with Crippen molar-refractivity contribution in [2.75, 3.05) is 0 Å². The molecule has 0 fully saturated rings. The molecule has 0 saturated heterocycles. The Morgan fingerprint density at radius 1 is 1.00 bits per heavy atom. The molecule has 0 radical (unpaired) electrons. The third-order valence-electron chi connectivity index (χ3n) is 7.42. The lowest BCUT2D eigenvalue weighted by molar-refractivity contribution is -0.117. The minimum absolute atomic E-state index is 0.0931. The Bertz CT molecular complexity index is 1910. The van der Waals surface area contributed by atoms with Gasteiger partial charge in [-0.1, -0.05) is 11.2 Å². The lowest BCUT2D eigenvalue weighted by Gasteiger charge is -2.18. The number of halogens is 3. The second kappa shape index (κ2) is 10.6. The summed E-state index contributed by atoms with van der Waals surface area (Å²) in [5, 5.41) is 4.65. The highest BCUT2D eigenvalue weighted by atomic mass is 19.2. The summed E-state index contributed by atoms with van der Waals surface area (Å²) in [6.07, 6.45) is 2.47. The van der Waals surface area contributed by atoms with Crippen LogP contribution in [0.2, 0.25) is 0 Å². The zero-order chi connectivity index (χ0) is 29.6. The number of carbonyl (C=O) groups is 1. The van der Waals surface area contributed by atoms with Gasteiger partial charge in [0.25, 0.3) is 5.56 Å². The van der Waals surface area contributed by atoms with Crippen LogP contribution in [0.1, 0.15) is 56.7 Å². The summed E-state index contributed by atoms with van der Waals surface area (Å²) in [5.74, 6) is -1.42. The molecule has 8 nitrogen and oxygen atoms in total. The number of rotatable bonds is 8. The summed E-state index contributed by atoms with van der Waals surface area (Å²) in [4.78, 5) is 43.1. The zero-order valence-corrected chi connectivity index (χ0v) is 22.9. The van der Waals surface area contributed by atoms with E-state index >= 15 is 0 Å².